The minimum atomic E-state index is -0.911. The third-order valence-corrected chi connectivity index (χ3v) is 3.89. The highest BCUT2D eigenvalue weighted by atomic mass is 79.9. The highest BCUT2D eigenvalue weighted by molar-refractivity contribution is 9.10. The van der Waals surface area contributed by atoms with Crippen molar-refractivity contribution in [1.29, 1.82) is 0 Å². The molecule has 1 aromatic carbocycles. The summed E-state index contributed by atoms with van der Waals surface area (Å²) in [5, 5.41) is 9.40. The van der Waals surface area contributed by atoms with E-state index in [9.17, 15) is 9.90 Å². The van der Waals surface area contributed by atoms with Gasteiger partial charge in [-0.3, -0.25) is 0 Å². The summed E-state index contributed by atoms with van der Waals surface area (Å²) in [7, 11) is 0. The first kappa shape index (κ1) is 13.2. The zero-order chi connectivity index (χ0) is 14.1. The van der Waals surface area contributed by atoms with Crippen molar-refractivity contribution in [1.82, 2.24) is 0 Å². The number of carboxylic acids is 1. The van der Waals surface area contributed by atoms with E-state index >= 15 is 0 Å². The molecule has 1 saturated carbocycles. The van der Waals surface area contributed by atoms with E-state index in [-0.39, 0.29) is 0 Å². The van der Waals surface area contributed by atoms with Gasteiger partial charge in [-0.25, -0.2) is 4.79 Å². The lowest BCUT2D eigenvalue weighted by Gasteiger charge is -2.25. The van der Waals surface area contributed by atoms with Crippen LogP contribution in [0.1, 0.15) is 29.0 Å². The topological polar surface area (TPSA) is 53.7 Å². The van der Waals surface area contributed by atoms with Crippen LogP contribution in [0.3, 0.4) is 0 Å². The average molecular weight is 336 g/mol. The van der Waals surface area contributed by atoms with Crippen molar-refractivity contribution in [2.24, 2.45) is 0 Å². The molecule has 1 aromatic heterocycles. The molecule has 0 radical (unpaired) electrons. The van der Waals surface area contributed by atoms with E-state index in [1.165, 1.54) is 0 Å². The van der Waals surface area contributed by atoms with Gasteiger partial charge in [0.1, 0.15) is 5.76 Å². The van der Waals surface area contributed by atoms with E-state index in [4.69, 9.17) is 4.42 Å². The number of hydrogen-bond acceptors (Lipinski definition) is 3. The maximum Gasteiger partial charge on any atom is 0.337 e. The summed E-state index contributed by atoms with van der Waals surface area (Å²) in [6.45, 7) is 0.597. The summed E-state index contributed by atoms with van der Waals surface area (Å²) in [6, 6.07) is 9.54. The molecule has 1 N–H and O–H groups in total. The van der Waals surface area contributed by atoms with Crippen molar-refractivity contribution in [3.63, 3.8) is 0 Å². The van der Waals surface area contributed by atoms with E-state index in [1.54, 1.807) is 12.3 Å². The SMILES string of the molecule is O=C(O)c1cc(Br)ccc1N(Cc1ccco1)C1CC1. The molecule has 5 heteroatoms. The first-order valence-electron chi connectivity index (χ1n) is 6.47. The van der Waals surface area contributed by atoms with Gasteiger partial charge in [-0.15, -0.1) is 0 Å². The molecule has 0 unspecified atom stereocenters. The Labute approximate surface area is 125 Å². The Morgan fingerprint density at radius 3 is 2.80 bits per heavy atom. The van der Waals surface area contributed by atoms with Crippen LogP contribution in [0.15, 0.2) is 45.5 Å². The molecule has 0 bridgehead atoms. The fourth-order valence-electron chi connectivity index (χ4n) is 2.30. The Kier molecular flexibility index (Phi) is 3.53. The van der Waals surface area contributed by atoms with Gasteiger partial charge in [-0.1, -0.05) is 15.9 Å². The Morgan fingerprint density at radius 1 is 1.40 bits per heavy atom. The van der Waals surface area contributed by atoms with Gasteiger partial charge in [0.05, 0.1) is 24.1 Å². The van der Waals surface area contributed by atoms with Crippen molar-refractivity contribution in [2.45, 2.75) is 25.4 Å². The molecule has 20 heavy (non-hydrogen) atoms. The zero-order valence-corrected chi connectivity index (χ0v) is 12.3. The van der Waals surface area contributed by atoms with Gasteiger partial charge in [0.25, 0.3) is 0 Å². The van der Waals surface area contributed by atoms with Crippen LogP contribution in [-0.2, 0) is 6.54 Å². The Balaban J connectivity index is 1.97. The summed E-state index contributed by atoms with van der Waals surface area (Å²) >= 11 is 3.33. The lowest BCUT2D eigenvalue weighted by atomic mass is 10.1. The van der Waals surface area contributed by atoms with E-state index in [0.717, 1.165) is 28.8 Å². The number of carbonyl (C=O) groups is 1. The first-order valence-corrected chi connectivity index (χ1v) is 7.26. The number of furan rings is 1. The highest BCUT2D eigenvalue weighted by Crippen LogP contribution is 2.36. The minimum Gasteiger partial charge on any atom is -0.478 e. The summed E-state index contributed by atoms with van der Waals surface area (Å²) in [5.41, 5.74) is 1.07. The van der Waals surface area contributed by atoms with Gasteiger partial charge in [0.15, 0.2) is 0 Å². The van der Waals surface area contributed by atoms with Crippen LogP contribution in [0.4, 0.5) is 5.69 Å². The molecule has 0 spiro atoms. The molecule has 0 amide bonds. The lowest BCUT2D eigenvalue weighted by Crippen LogP contribution is -2.26. The number of aromatic carboxylic acids is 1. The molecular formula is C15H14BrNO3. The van der Waals surface area contributed by atoms with E-state index in [2.05, 4.69) is 20.8 Å². The molecule has 2 aromatic rings. The predicted molar refractivity (Wildman–Crippen MR) is 79.0 cm³/mol. The normalized spacial score (nSPS) is 14.2. The number of rotatable bonds is 5. The van der Waals surface area contributed by atoms with Crippen LogP contribution in [0.2, 0.25) is 0 Å². The summed E-state index contributed by atoms with van der Waals surface area (Å²) in [6.07, 6.45) is 3.83. The average Bonchev–Trinajstić information content (AvgIpc) is 3.13. The molecular weight excluding hydrogens is 322 g/mol. The number of nitrogens with zero attached hydrogens (tertiary/aromatic N) is 1. The number of carboxylic acid groups (broad SMARTS) is 1. The van der Waals surface area contributed by atoms with Crippen LogP contribution >= 0.6 is 15.9 Å². The van der Waals surface area contributed by atoms with Crippen LogP contribution in [0.5, 0.6) is 0 Å². The third kappa shape index (κ3) is 2.72. The molecule has 104 valence electrons. The fraction of sp³-hybridized carbons (Fsp3) is 0.267. The molecule has 0 aliphatic heterocycles. The lowest BCUT2D eigenvalue weighted by molar-refractivity contribution is 0.0697. The van der Waals surface area contributed by atoms with E-state index < -0.39 is 5.97 Å². The van der Waals surface area contributed by atoms with Gasteiger partial charge in [-0.05, 0) is 43.2 Å². The Bertz CT molecular complexity index is 620. The van der Waals surface area contributed by atoms with Crippen molar-refractivity contribution in [3.8, 4) is 0 Å². The Morgan fingerprint density at radius 2 is 2.20 bits per heavy atom. The van der Waals surface area contributed by atoms with Crippen LogP contribution in [0, 0.1) is 0 Å². The maximum absolute atomic E-state index is 11.5. The highest BCUT2D eigenvalue weighted by Gasteiger charge is 2.32. The van der Waals surface area contributed by atoms with Gasteiger partial charge < -0.3 is 14.4 Å². The van der Waals surface area contributed by atoms with Crippen LogP contribution < -0.4 is 4.90 Å². The van der Waals surface area contributed by atoms with Crippen LogP contribution in [0.25, 0.3) is 0 Å². The third-order valence-electron chi connectivity index (χ3n) is 3.39. The zero-order valence-electron chi connectivity index (χ0n) is 10.8. The van der Waals surface area contributed by atoms with E-state index in [0.29, 0.717) is 18.2 Å². The van der Waals surface area contributed by atoms with Gasteiger partial charge >= 0.3 is 5.97 Å². The molecule has 1 heterocycles. The van der Waals surface area contributed by atoms with Crippen molar-refractivity contribution >= 4 is 27.6 Å². The Hall–Kier alpha value is -1.75. The summed E-state index contributed by atoms with van der Waals surface area (Å²) in [5.74, 6) is -0.0671. The molecule has 4 nitrogen and oxygen atoms in total. The molecule has 0 atom stereocenters. The monoisotopic (exact) mass is 335 g/mol. The maximum atomic E-state index is 11.5. The number of halogens is 1. The largest absolute Gasteiger partial charge is 0.478 e. The molecule has 1 aliphatic carbocycles. The van der Waals surface area contributed by atoms with Crippen molar-refractivity contribution < 1.29 is 14.3 Å². The molecule has 1 fully saturated rings. The smallest absolute Gasteiger partial charge is 0.337 e. The van der Waals surface area contributed by atoms with Gasteiger partial charge in [0, 0.05) is 10.5 Å². The van der Waals surface area contributed by atoms with Crippen molar-refractivity contribution in [2.75, 3.05) is 4.90 Å². The summed E-state index contributed by atoms with van der Waals surface area (Å²) in [4.78, 5) is 13.6. The number of benzene rings is 1. The molecule has 0 saturated heterocycles. The minimum absolute atomic E-state index is 0.317. The standard InChI is InChI=1S/C15H14BrNO3/c16-10-3-6-14(13(8-10)15(18)19)17(11-4-5-11)9-12-2-1-7-20-12/h1-3,6-8,11H,4-5,9H2,(H,18,19). The number of hydrogen-bond donors (Lipinski definition) is 1. The summed E-state index contributed by atoms with van der Waals surface area (Å²) < 4.78 is 6.16. The second-order valence-corrected chi connectivity index (χ2v) is 5.82. The fourth-order valence-corrected chi connectivity index (χ4v) is 2.66. The van der Waals surface area contributed by atoms with Crippen molar-refractivity contribution in [3.05, 3.63) is 52.4 Å². The second-order valence-electron chi connectivity index (χ2n) is 4.91. The second kappa shape index (κ2) is 5.32. The quantitative estimate of drug-likeness (QED) is 0.899. The van der Waals surface area contributed by atoms with Gasteiger partial charge in [0.2, 0.25) is 0 Å². The molecule has 3 rings (SSSR count). The van der Waals surface area contributed by atoms with E-state index in [1.807, 2.05) is 24.3 Å². The first-order chi connectivity index (χ1) is 9.65. The predicted octanol–water partition coefficient (Wildman–Crippen LogP) is 3.91. The van der Waals surface area contributed by atoms with Crippen LogP contribution in [-0.4, -0.2) is 17.1 Å². The molecule has 1 aliphatic rings. The number of anilines is 1. The van der Waals surface area contributed by atoms with Gasteiger partial charge in [-0.2, -0.15) is 0 Å².